The van der Waals surface area contributed by atoms with Crippen LogP contribution in [0.2, 0.25) is 0 Å². The van der Waals surface area contributed by atoms with Crippen LogP contribution in [0.3, 0.4) is 0 Å². The Balaban J connectivity index is 1.09. The molecule has 2 amide bonds. The number of benzene rings is 2. The summed E-state index contributed by atoms with van der Waals surface area (Å²) in [5.74, 6) is 0.718. The lowest BCUT2D eigenvalue weighted by Gasteiger charge is -2.37. The first kappa shape index (κ1) is 33.2. The van der Waals surface area contributed by atoms with E-state index in [4.69, 9.17) is 28.7 Å². The van der Waals surface area contributed by atoms with Gasteiger partial charge in [0.15, 0.2) is 11.5 Å². The van der Waals surface area contributed by atoms with Crippen molar-refractivity contribution >= 4 is 12.0 Å². The molecule has 3 aromatic rings. The molecule has 1 aliphatic carbocycles. The minimum absolute atomic E-state index is 0.0241. The van der Waals surface area contributed by atoms with Gasteiger partial charge in [-0.1, -0.05) is 30.3 Å². The Morgan fingerprint density at radius 2 is 1.84 bits per heavy atom. The summed E-state index contributed by atoms with van der Waals surface area (Å²) in [6.07, 6.45) is 2.50. The summed E-state index contributed by atoms with van der Waals surface area (Å²) in [4.78, 5) is 33.4. The van der Waals surface area contributed by atoms with E-state index >= 15 is 0 Å². The average molecular weight is 670 g/mol. The maximum Gasteiger partial charge on any atom is 0.407 e. The highest BCUT2D eigenvalue weighted by atomic mass is 16.8. The van der Waals surface area contributed by atoms with E-state index < -0.39 is 17.5 Å². The molecular formula is C39H47N3O7. The number of carbonyl (C=O) groups excluding carboxylic acids is 2. The average Bonchev–Trinajstić information content (AvgIpc) is 3.72. The highest BCUT2D eigenvalue weighted by Gasteiger charge is 2.55. The number of aromatic nitrogens is 1. The van der Waals surface area contributed by atoms with Crippen molar-refractivity contribution in [3.05, 3.63) is 81.5 Å². The molecule has 1 spiro atoms. The van der Waals surface area contributed by atoms with Gasteiger partial charge in [-0.3, -0.25) is 4.79 Å². The molecule has 3 aliphatic heterocycles. The van der Waals surface area contributed by atoms with Crippen molar-refractivity contribution in [1.82, 2.24) is 15.2 Å². The molecule has 2 fully saturated rings. The van der Waals surface area contributed by atoms with Crippen molar-refractivity contribution in [2.45, 2.75) is 116 Å². The van der Waals surface area contributed by atoms with Crippen LogP contribution in [0.15, 0.2) is 42.5 Å². The number of nitrogens with zero attached hydrogens (tertiary/aromatic N) is 2. The zero-order chi connectivity index (χ0) is 34.7. The number of carbonyl (C=O) groups is 2. The number of nitrogens with one attached hydrogen (secondary N) is 1. The Morgan fingerprint density at radius 1 is 1.08 bits per heavy atom. The molecule has 260 valence electrons. The first-order chi connectivity index (χ1) is 23.2. The maximum absolute atomic E-state index is 14.4. The van der Waals surface area contributed by atoms with Crippen molar-refractivity contribution < 1.29 is 33.3 Å². The van der Waals surface area contributed by atoms with Crippen LogP contribution in [-0.4, -0.2) is 58.6 Å². The van der Waals surface area contributed by atoms with Crippen LogP contribution in [0.4, 0.5) is 4.79 Å². The molecular weight excluding hydrogens is 622 g/mol. The lowest BCUT2D eigenvalue weighted by molar-refractivity contribution is -0.185. The summed E-state index contributed by atoms with van der Waals surface area (Å²) in [5, 5.41) is 2.91. The third kappa shape index (κ3) is 6.55. The smallest absolute Gasteiger partial charge is 0.407 e. The monoisotopic (exact) mass is 669 g/mol. The van der Waals surface area contributed by atoms with Crippen LogP contribution in [0, 0.1) is 20.8 Å². The quantitative estimate of drug-likeness (QED) is 0.292. The van der Waals surface area contributed by atoms with Crippen molar-refractivity contribution in [2.24, 2.45) is 0 Å². The molecule has 1 saturated carbocycles. The van der Waals surface area contributed by atoms with Gasteiger partial charge in [0.05, 0.1) is 24.8 Å². The van der Waals surface area contributed by atoms with Gasteiger partial charge in [-0.05, 0) is 96.0 Å². The summed E-state index contributed by atoms with van der Waals surface area (Å²) in [5.41, 5.74) is 5.75. The van der Waals surface area contributed by atoms with Gasteiger partial charge >= 0.3 is 6.09 Å². The molecule has 1 aromatic heterocycles. The van der Waals surface area contributed by atoms with Crippen LogP contribution in [0.5, 0.6) is 17.4 Å². The lowest BCUT2D eigenvalue weighted by Crippen LogP contribution is -2.54. The van der Waals surface area contributed by atoms with Gasteiger partial charge in [0.1, 0.15) is 18.3 Å². The van der Waals surface area contributed by atoms with Gasteiger partial charge in [0, 0.05) is 35.7 Å². The van der Waals surface area contributed by atoms with Crippen LogP contribution in [0.25, 0.3) is 0 Å². The number of ether oxygens (including phenoxy) is 5. The molecule has 0 bridgehead atoms. The summed E-state index contributed by atoms with van der Waals surface area (Å²) < 4.78 is 31.0. The normalized spacial score (nSPS) is 23.7. The molecule has 4 aliphatic rings. The molecule has 7 rings (SSSR count). The third-order valence-electron chi connectivity index (χ3n) is 10.1. The number of fused-ring (bicyclic) bond motifs is 3. The van der Waals surface area contributed by atoms with E-state index in [1.54, 1.807) is 0 Å². The molecule has 4 heterocycles. The molecule has 2 aromatic carbocycles. The molecule has 1 saturated heterocycles. The first-order valence-corrected chi connectivity index (χ1v) is 17.3. The predicted molar refractivity (Wildman–Crippen MR) is 183 cm³/mol. The molecule has 1 unspecified atom stereocenters. The van der Waals surface area contributed by atoms with Crippen LogP contribution in [-0.2, 0) is 28.0 Å². The summed E-state index contributed by atoms with van der Waals surface area (Å²) in [6.45, 7) is 15.1. The largest absolute Gasteiger partial charge is 0.473 e. The van der Waals surface area contributed by atoms with Crippen molar-refractivity contribution in [3.8, 4) is 17.4 Å². The molecule has 10 nitrogen and oxygen atoms in total. The summed E-state index contributed by atoms with van der Waals surface area (Å²) in [7, 11) is 0. The van der Waals surface area contributed by atoms with Gasteiger partial charge < -0.3 is 33.9 Å². The number of hydrogen-bond acceptors (Lipinski definition) is 8. The van der Waals surface area contributed by atoms with E-state index in [0.717, 1.165) is 46.4 Å². The number of pyridine rings is 1. The highest BCUT2D eigenvalue weighted by molar-refractivity contribution is 6.00. The Labute approximate surface area is 288 Å². The highest BCUT2D eigenvalue weighted by Crippen LogP contribution is 2.57. The number of aryl methyl sites for hydroxylation is 2. The Hall–Kier alpha value is -4.31. The van der Waals surface area contributed by atoms with Gasteiger partial charge in [-0.15, -0.1) is 0 Å². The summed E-state index contributed by atoms with van der Waals surface area (Å²) >= 11 is 0. The number of rotatable bonds is 7. The predicted octanol–water partition coefficient (Wildman–Crippen LogP) is 6.83. The number of hydrogen-bond donors (Lipinski definition) is 1. The number of amides is 2. The van der Waals surface area contributed by atoms with E-state index in [1.165, 1.54) is 0 Å². The first-order valence-electron chi connectivity index (χ1n) is 17.3. The van der Waals surface area contributed by atoms with Crippen molar-refractivity contribution in [3.63, 3.8) is 0 Å². The second kappa shape index (κ2) is 12.2. The second-order valence-electron chi connectivity index (χ2n) is 15.3. The van der Waals surface area contributed by atoms with Crippen LogP contribution < -0.4 is 19.5 Å². The maximum atomic E-state index is 14.4. The molecule has 1 N–H and O–H groups in total. The Morgan fingerprint density at radius 3 is 2.51 bits per heavy atom. The fraction of sp³-hybridized carbons (Fsp3) is 0.513. The van der Waals surface area contributed by atoms with E-state index in [1.807, 2.05) is 88.9 Å². The van der Waals surface area contributed by atoms with Crippen LogP contribution in [0.1, 0.15) is 97.2 Å². The fourth-order valence-corrected chi connectivity index (χ4v) is 7.44. The third-order valence-corrected chi connectivity index (χ3v) is 10.1. The lowest BCUT2D eigenvalue weighted by atomic mass is 9.83. The molecule has 10 heteroatoms. The zero-order valence-corrected chi connectivity index (χ0v) is 29.6. The van der Waals surface area contributed by atoms with E-state index in [9.17, 15) is 9.59 Å². The SMILES string of the molecule is Cc1cc(C)c(CN2CC3(CC3)c3cc4c(c(C)c3C2=O)OC(C)([C@@H]2CC[C@@H](NC(=O)OC(C)(C)C)CO2)O4)c(OCc2ccccc2)n1. The molecule has 3 atom stereocenters. The fourth-order valence-electron chi connectivity index (χ4n) is 7.44. The summed E-state index contributed by atoms with van der Waals surface area (Å²) in [6, 6.07) is 14.0. The van der Waals surface area contributed by atoms with Crippen LogP contribution >= 0.6 is 0 Å². The second-order valence-corrected chi connectivity index (χ2v) is 15.3. The van der Waals surface area contributed by atoms with E-state index in [2.05, 4.69) is 12.2 Å². The molecule has 0 radical (unpaired) electrons. The van der Waals surface area contributed by atoms with Gasteiger partial charge in [-0.25, -0.2) is 9.78 Å². The minimum atomic E-state index is -1.07. The van der Waals surface area contributed by atoms with E-state index in [0.29, 0.717) is 62.1 Å². The standard InChI is InChI=1S/C39H47N3O7/c1-23-17-24(2)40-34(46-20-26-11-9-8-10-12-26)28(23)19-42-22-39(15-16-39)29-18-30-33(25(3)32(29)35(42)43)48-38(7,47-30)31-14-13-27(21-45-31)41-36(44)49-37(4,5)6/h8-12,17-18,27,31H,13-16,19-22H2,1-7H3,(H,41,44)/t27-,31+,38?/m1/s1. The zero-order valence-electron chi connectivity index (χ0n) is 29.6. The van der Waals surface area contributed by atoms with Crippen molar-refractivity contribution in [2.75, 3.05) is 13.2 Å². The number of alkyl carbamates (subject to hydrolysis) is 1. The van der Waals surface area contributed by atoms with Gasteiger partial charge in [0.2, 0.25) is 5.88 Å². The Kier molecular flexibility index (Phi) is 8.29. The topological polar surface area (TPSA) is 108 Å². The Bertz CT molecular complexity index is 1770. The van der Waals surface area contributed by atoms with Gasteiger partial charge in [-0.2, -0.15) is 0 Å². The van der Waals surface area contributed by atoms with Crippen molar-refractivity contribution in [1.29, 1.82) is 0 Å². The van der Waals surface area contributed by atoms with E-state index in [-0.39, 0.29) is 23.5 Å². The van der Waals surface area contributed by atoms with Gasteiger partial charge in [0.25, 0.3) is 11.7 Å². The molecule has 49 heavy (non-hydrogen) atoms. The minimum Gasteiger partial charge on any atom is -0.473 e.